The molecule has 6 N–H and O–H groups in total. The molecule has 0 spiro atoms. The number of fused-ring (bicyclic) bond motifs is 2. The molecule has 0 unspecified atom stereocenters. The van der Waals surface area contributed by atoms with Gasteiger partial charge in [0, 0.05) is 171 Å². The minimum absolute atomic E-state index is 0.00941. The third kappa shape index (κ3) is 15.1. The number of piperazine rings is 2. The van der Waals surface area contributed by atoms with Crippen LogP contribution in [0.2, 0.25) is 0 Å². The Bertz CT molecular complexity index is 3240. The third-order valence-electron chi connectivity index (χ3n) is 18.4. The second kappa shape index (κ2) is 27.3. The molecule has 0 saturated carbocycles. The Morgan fingerprint density at radius 2 is 0.932 bits per heavy atom. The average Bonchev–Trinajstić information content (AvgIpc) is 2.75. The second-order valence-corrected chi connectivity index (χ2v) is 28.2. The molecule has 5 aromatic rings. The Balaban J connectivity index is 0.629. The van der Waals surface area contributed by atoms with Crippen molar-refractivity contribution >= 4 is 66.9 Å². The molecule has 2 aromatic heterocycles. The molecule has 4 saturated heterocycles. The van der Waals surface area contributed by atoms with Crippen LogP contribution in [0.15, 0.2) is 103 Å². The van der Waals surface area contributed by atoms with Crippen molar-refractivity contribution in [2.45, 2.75) is 115 Å². The molecule has 0 bridgehead atoms. The van der Waals surface area contributed by atoms with E-state index in [1.807, 2.05) is 94.7 Å². The fourth-order valence-electron chi connectivity index (χ4n) is 13.4. The van der Waals surface area contributed by atoms with Crippen molar-refractivity contribution in [1.29, 1.82) is 0 Å². The van der Waals surface area contributed by atoms with Crippen LogP contribution in [0.1, 0.15) is 86.3 Å². The molecule has 0 radical (unpaired) electrons. The van der Waals surface area contributed by atoms with Crippen LogP contribution >= 0.6 is 31.9 Å². The Kier molecular flexibility index (Phi) is 19.7. The van der Waals surface area contributed by atoms with E-state index in [1.54, 1.807) is 0 Å². The highest BCUT2D eigenvalue weighted by Gasteiger charge is 2.43. The first-order valence-corrected chi connectivity index (χ1v) is 32.6. The van der Waals surface area contributed by atoms with Gasteiger partial charge in [0.05, 0.1) is 37.7 Å². The number of anilines is 2. The number of hydrogen-bond donors (Lipinski definition) is 6. The first-order valence-electron chi connectivity index (χ1n) is 31.0. The smallest absolute Gasteiger partial charge is 0.251 e. The summed E-state index contributed by atoms with van der Waals surface area (Å²) in [5.74, 6) is -0.394. The van der Waals surface area contributed by atoms with Crippen LogP contribution in [-0.2, 0) is 65.4 Å². The van der Waals surface area contributed by atoms with E-state index in [9.17, 15) is 28.8 Å². The van der Waals surface area contributed by atoms with Crippen molar-refractivity contribution < 1.29 is 28.7 Å². The molecule has 6 aliphatic heterocycles. The summed E-state index contributed by atoms with van der Waals surface area (Å²) in [5, 5.41) is 13.4. The minimum Gasteiger partial charge on any atom is -0.366 e. The number of carbonyl (C=O) groups excluding carboxylic acids is 4. The normalized spacial score (nSPS) is 24.0. The molecule has 20 nitrogen and oxygen atoms in total. The van der Waals surface area contributed by atoms with Crippen LogP contribution in [0.25, 0.3) is 0 Å². The van der Waals surface area contributed by atoms with Gasteiger partial charge in [0.25, 0.3) is 22.9 Å². The lowest BCUT2D eigenvalue weighted by Gasteiger charge is -2.43. The van der Waals surface area contributed by atoms with E-state index < -0.39 is 23.0 Å². The monoisotopic (exact) mass is 1330 g/mol. The van der Waals surface area contributed by atoms with Gasteiger partial charge in [0.2, 0.25) is 11.8 Å². The van der Waals surface area contributed by atoms with E-state index in [4.69, 9.17) is 9.47 Å². The molecular weight excluding hydrogens is 1250 g/mol. The second-order valence-electron chi connectivity index (χ2n) is 26.4. The number of hydrogen-bond acceptors (Lipinski definition) is 14. The minimum atomic E-state index is -0.653. The van der Waals surface area contributed by atoms with E-state index in [1.165, 1.54) is 0 Å². The fourth-order valence-corrected chi connectivity index (χ4v) is 13.9. The number of nitrogens with one attached hydrogen (secondary N) is 6. The zero-order valence-electron chi connectivity index (χ0n) is 51.4. The maximum Gasteiger partial charge on any atom is 0.251 e. The molecule has 4 amide bonds. The van der Waals surface area contributed by atoms with Crippen LogP contribution in [-0.4, -0.2) is 194 Å². The summed E-state index contributed by atoms with van der Waals surface area (Å²) in [6.07, 6.45) is -0.396. The van der Waals surface area contributed by atoms with Gasteiger partial charge in [0.15, 0.2) is 0 Å². The van der Waals surface area contributed by atoms with Crippen molar-refractivity contribution in [3.63, 3.8) is 0 Å². The molecule has 8 heterocycles. The lowest BCUT2D eigenvalue weighted by molar-refractivity contribution is -0.139. The van der Waals surface area contributed by atoms with Crippen molar-refractivity contribution in [2.24, 2.45) is 0 Å². The van der Waals surface area contributed by atoms with Crippen LogP contribution in [0.5, 0.6) is 0 Å². The number of pyridine rings is 2. The van der Waals surface area contributed by atoms with Gasteiger partial charge in [-0.3, -0.25) is 48.4 Å². The highest BCUT2D eigenvalue weighted by Crippen LogP contribution is 2.41. The molecule has 6 atom stereocenters. The summed E-state index contributed by atoms with van der Waals surface area (Å²) in [7, 11) is 0. The van der Waals surface area contributed by atoms with Gasteiger partial charge in [-0.25, -0.2) is 0 Å². The van der Waals surface area contributed by atoms with Crippen molar-refractivity contribution in [2.75, 3.05) is 115 Å². The summed E-state index contributed by atoms with van der Waals surface area (Å²) >= 11 is 6.99. The fraction of sp³-hybridized carbons (Fsp3) is 0.515. The molecule has 0 aliphatic carbocycles. The Morgan fingerprint density at radius 3 is 1.32 bits per heavy atom. The Hall–Kier alpha value is -5.92. The first kappa shape index (κ1) is 63.6. The van der Waals surface area contributed by atoms with Gasteiger partial charge in [0.1, 0.15) is 12.2 Å². The van der Waals surface area contributed by atoms with Crippen molar-refractivity contribution in [3.05, 3.63) is 159 Å². The molecule has 470 valence electrons. The van der Waals surface area contributed by atoms with Gasteiger partial charge in [-0.1, -0.05) is 108 Å². The maximum atomic E-state index is 14.4. The first-order chi connectivity index (χ1) is 42.1. The molecule has 6 aliphatic rings. The number of rotatable bonds is 18. The number of benzene rings is 3. The predicted octanol–water partition coefficient (Wildman–Crippen LogP) is 4.38. The van der Waals surface area contributed by atoms with Gasteiger partial charge in [-0.2, -0.15) is 0 Å². The zero-order valence-corrected chi connectivity index (χ0v) is 54.6. The summed E-state index contributed by atoms with van der Waals surface area (Å²) < 4.78 is 14.0. The lowest BCUT2D eigenvalue weighted by atomic mass is 9.91. The summed E-state index contributed by atoms with van der Waals surface area (Å²) in [4.78, 5) is 102. The van der Waals surface area contributed by atoms with Gasteiger partial charge >= 0.3 is 0 Å². The molecular formula is C66H84Br2N12O8. The van der Waals surface area contributed by atoms with E-state index in [-0.39, 0.29) is 72.0 Å². The highest BCUT2D eigenvalue weighted by atomic mass is 79.9. The van der Waals surface area contributed by atoms with Crippen molar-refractivity contribution in [3.8, 4) is 0 Å². The molecule has 22 heteroatoms. The largest absolute Gasteiger partial charge is 0.366 e. The molecule has 4 fully saturated rings. The summed E-state index contributed by atoms with van der Waals surface area (Å²) in [5.41, 5.74) is 7.07. The molecule has 11 rings (SSSR count). The van der Waals surface area contributed by atoms with Crippen LogP contribution in [0.4, 0.5) is 11.4 Å². The standard InChI is InChI=1S/C66H84Br2N12O8/c1-41-31-77(37-57(81)79-39-65(3,4)59-53(79)25-47(61(83)73-59)23-43-11-15-49(67)16-12-43)51(29-69-41)33-75-19-21-87-55(35-75)63(85)71-27-45-7-9-46(10-8-45)28-72-64(86)56-36-76(20-22-88-56)34-52-30-70-42(2)32-78(52)38-58(82)80-40-66(5,6)60-54(80)26-48(62(84)74-60)24-44-13-17-50(68)18-14-44/h7-18,25-26,41-42,51-52,55-56,69-70H,19-24,27-40H2,1-6H3,(H,71,85)(H,72,86)(H,73,83)(H,74,84)/t41-,42-,51-,52-,55+,56+/m1/s1. The van der Waals surface area contributed by atoms with Crippen LogP contribution in [0.3, 0.4) is 0 Å². The number of carbonyl (C=O) groups is 4. The number of H-pyrrole nitrogens is 2. The number of aromatic amines is 2. The summed E-state index contributed by atoms with van der Waals surface area (Å²) in [6, 6.07) is 27.9. The van der Waals surface area contributed by atoms with Gasteiger partial charge < -0.3 is 50.5 Å². The maximum absolute atomic E-state index is 14.4. The van der Waals surface area contributed by atoms with Crippen LogP contribution < -0.4 is 42.2 Å². The highest BCUT2D eigenvalue weighted by molar-refractivity contribution is 9.10. The van der Waals surface area contributed by atoms with Gasteiger partial charge in [-0.05, 0) is 72.5 Å². The molecule has 3 aromatic carbocycles. The predicted molar refractivity (Wildman–Crippen MR) is 347 cm³/mol. The van der Waals surface area contributed by atoms with E-state index >= 15 is 0 Å². The zero-order chi connectivity index (χ0) is 62.0. The summed E-state index contributed by atoms with van der Waals surface area (Å²) in [6.45, 7) is 21.6. The SMILES string of the molecule is C[C@@H]1CN(CC(=O)N2CC(C)(C)c3[nH]c(=O)c(Cc4ccc(Br)cc4)cc32)[C@@H](CN2CCO[C@H](C(=O)NCc3ccc(CNC(=O)[C@@H]4CN(C[C@H]5CN[C@H](C)CN5CC(=O)N5CC(C)(C)c6[nH]c(=O)c(Cc7ccc(Br)cc7)cc65)CCO4)cc3)C2)CN1. The Labute approximate surface area is 532 Å². The Morgan fingerprint density at radius 1 is 0.557 bits per heavy atom. The number of nitrogens with zero attached hydrogens (tertiary/aromatic N) is 6. The van der Waals surface area contributed by atoms with Gasteiger partial charge in [-0.15, -0.1) is 0 Å². The molecule has 88 heavy (non-hydrogen) atoms. The van der Waals surface area contributed by atoms with Crippen molar-refractivity contribution in [1.82, 2.24) is 50.8 Å². The third-order valence-corrected chi connectivity index (χ3v) is 19.4. The topological polar surface area (TPSA) is 220 Å². The van der Waals surface area contributed by atoms with E-state index in [0.717, 1.165) is 54.0 Å². The number of ether oxygens (including phenoxy) is 2. The van der Waals surface area contributed by atoms with Crippen LogP contribution in [0, 0.1) is 0 Å². The van der Waals surface area contributed by atoms with E-state index in [0.29, 0.717) is 129 Å². The number of morpholine rings is 2. The number of halogens is 2. The number of amides is 4. The lowest BCUT2D eigenvalue weighted by Crippen LogP contribution is -2.62. The average molecular weight is 1330 g/mol. The quantitative estimate of drug-likeness (QED) is 0.0718. The van der Waals surface area contributed by atoms with E-state index in [2.05, 4.69) is 124 Å². The number of aromatic nitrogens is 2.